The number of anilines is 2. The molecule has 0 atom stereocenters. The molecule has 0 fully saturated rings. The van der Waals surface area contributed by atoms with Crippen molar-refractivity contribution < 1.29 is 22.9 Å². The van der Waals surface area contributed by atoms with Crippen LogP contribution in [-0.4, -0.2) is 36.3 Å². The largest absolute Gasteiger partial charge is 0.478 e. The molecule has 2 aromatic carbocycles. The van der Waals surface area contributed by atoms with E-state index in [0.29, 0.717) is 18.5 Å². The molecule has 3 rings (SSSR count). The van der Waals surface area contributed by atoms with Crippen LogP contribution >= 0.6 is 0 Å². The number of aryl methyl sites for hydroxylation is 1. The molecule has 2 N–H and O–H groups in total. The molecule has 0 aliphatic carbocycles. The maximum absolute atomic E-state index is 11.9. The smallest absolute Gasteiger partial charge is 0.336 e. The minimum atomic E-state index is -4.04. The number of rotatable bonds is 5. The molecule has 0 aromatic heterocycles. The van der Waals surface area contributed by atoms with Gasteiger partial charge in [-0.3, -0.25) is 4.55 Å². The normalized spacial score (nSPS) is 13.3. The minimum absolute atomic E-state index is 0.238. The lowest BCUT2D eigenvalue weighted by Crippen LogP contribution is -2.27. The molecule has 1 aliphatic rings. The van der Waals surface area contributed by atoms with Crippen LogP contribution in [0, 0.1) is 13.8 Å². The van der Waals surface area contributed by atoms with Crippen LogP contribution in [0.25, 0.3) is 0 Å². The third kappa shape index (κ3) is 3.45. The molecule has 26 heavy (non-hydrogen) atoms. The Hall–Kier alpha value is -2.38. The van der Waals surface area contributed by atoms with E-state index in [1.54, 1.807) is 0 Å². The van der Waals surface area contributed by atoms with E-state index < -0.39 is 16.1 Å². The third-order valence-corrected chi connectivity index (χ3v) is 5.67. The molecule has 0 bridgehead atoms. The first-order valence-corrected chi connectivity index (χ1v) is 9.97. The summed E-state index contributed by atoms with van der Waals surface area (Å²) in [7, 11) is -4.04. The van der Waals surface area contributed by atoms with Gasteiger partial charge in [-0.1, -0.05) is 18.2 Å². The zero-order chi connectivity index (χ0) is 19.1. The number of hydrogen-bond acceptors (Lipinski definition) is 4. The van der Waals surface area contributed by atoms with Crippen LogP contribution in [0.2, 0.25) is 0 Å². The predicted molar refractivity (Wildman–Crippen MR) is 100 cm³/mol. The lowest BCUT2D eigenvalue weighted by atomic mass is 9.87. The van der Waals surface area contributed by atoms with E-state index in [1.165, 1.54) is 0 Å². The molecular weight excluding hydrogens is 354 g/mol. The quantitative estimate of drug-likeness (QED) is 0.779. The number of carboxylic acids is 1. The Bertz CT molecular complexity index is 982. The highest BCUT2D eigenvalue weighted by Crippen LogP contribution is 2.42. The third-order valence-electron chi connectivity index (χ3n) is 4.87. The Morgan fingerprint density at radius 1 is 1.19 bits per heavy atom. The van der Waals surface area contributed by atoms with Crippen molar-refractivity contribution >= 4 is 27.5 Å². The van der Waals surface area contributed by atoms with Gasteiger partial charge < -0.3 is 10.0 Å². The van der Waals surface area contributed by atoms with Crippen LogP contribution in [0.3, 0.4) is 0 Å². The second-order valence-electron chi connectivity index (χ2n) is 6.59. The van der Waals surface area contributed by atoms with Gasteiger partial charge in [0.05, 0.1) is 11.3 Å². The van der Waals surface area contributed by atoms with Crippen LogP contribution in [0.1, 0.15) is 39.0 Å². The number of para-hydroxylation sites is 1. The topological polar surface area (TPSA) is 94.9 Å². The minimum Gasteiger partial charge on any atom is -0.478 e. The van der Waals surface area contributed by atoms with E-state index in [0.717, 1.165) is 33.6 Å². The molecular formula is C19H21NO5S. The fourth-order valence-corrected chi connectivity index (χ4v) is 4.04. The van der Waals surface area contributed by atoms with Crippen molar-refractivity contribution in [1.82, 2.24) is 0 Å². The van der Waals surface area contributed by atoms with Gasteiger partial charge in [-0.05, 0) is 54.7 Å². The Labute approximate surface area is 152 Å². The Balaban J connectivity index is 2.12. The molecule has 2 aromatic rings. The molecule has 1 aliphatic heterocycles. The van der Waals surface area contributed by atoms with Crippen molar-refractivity contribution in [2.24, 2.45) is 0 Å². The van der Waals surface area contributed by atoms with Crippen molar-refractivity contribution in [3.8, 4) is 0 Å². The Kier molecular flexibility index (Phi) is 4.77. The molecule has 138 valence electrons. The summed E-state index contributed by atoms with van der Waals surface area (Å²) in [6.45, 7) is 4.05. The summed E-state index contributed by atoms with van der Waals surface area (Å²) in [6.07, 6.45) is 0.755. The average molecular weight is 375 g/mol. The van der Waals surface area contributed by atoms with Crippen LogP contribution < -0.4 is 4.90 Å². The molecule has 0 radical (unpaired) electrons. The maximum Gasteiger partial charge on any atom is 0.336 e. The molecule has 0 saturated carbocycles. The first-order valence-electron chi connectivity index (χ1n) is 8.36. The van der Waals surface area contributed by atoms with Crippen LogP contribution in [-0.2, 0) is 16.5 Å². The zero-order valence-corrected chi connectivity index (χ0v) is 15.5. The SMILES string of the molecule is Cc1cc2c(c(C(=O)O)c1C)Cc1ccccc1N2CCCS(=O)(=O)O. The van der Waals surface area contributed by atoms with Crippen molar-refractivity contribution in [2.75, 3.05) is 17.2 Å². The summed E-state index contributed by atoms with van der Waals surface area (Å²) in [5.41, 5.74) is 5.40. The number of hydrogen-bond donors (Lipinski definition) is 2. The molecule has 7 heteroatoms. The van der Waals surface area contributed by atoms with Crippen LogP contribution in [0.15, 0.2) is 30.3 Å². The molecule has 6 nitrogen and oxygen atoms in total. The predicted octanol–water partition coefficient (Wildman–Crippen LogP) is 3.32. The summed E-state index contributed by atoms with van der Waals surface area (Å²) in [6, 6.07) is 9.66. The standard InChI is InChI=1S/C19H21NO5S/c1-12-10-17-15(18(13(12)2)19(21)22)11-14-6-3-4-7-16(14)20(17)8-5-9-26(23,24)25/h3-4,6-7,10H,5,8-9,11H2,1-2H3,(H,21,22)(H,23,24,25). The van der Waals surface area contributed by atoms with Gasteiger partial charge in [-0.25, -0.2) is 4.79 Å². The van der Waals surface area contributed by atoms with Gasteiger partial charge in [-0.2, -0.15) is 8.42 Å². The molecule has 1 heterocycles. The van der Waals surface area contributed by atoms with Crippen molar-refractivity contribution in [1.29, 1.82) is 0 Å². The number of carbonyl (C=O) groups is 1. The van der Waals surface area contributed by atoms with E-state index in [2.05, 4.69) is 0 Å². The first kappa shape index (κ1) is 18.4. The average Bonchev–Trinajstić information content (AvgIpc) is 2.54. The van der Waals surface area contributed by atoms with Gasteiger partial charge in [0.25, 0.3) is 10.1 Å². The van der Waals surface area contributed by atoms with Gasteiger partial charge in [0.2, 0.25) is 0 Å². The second kappa shape index (κ2) is 6.74. The van der Waals surface area contributed by atoms with Crippen molar-refractivity contribution in [2.45, 2.75) is 26.7 Å². The van der Waals surface area contributed by atoms with E-state index in [9.17, 15) is 18.3 Å². The first-order chi connectivity index (χ1) is 12.2. The number of benzene rings is 2. The number of fused-ring (bicyclic) bond motifs is 2. The Morgan fingerprint density at radius 2 is 1.88 bits per heavy atom. The van der Waals surface area contributed by atoms with E-state index in [4.69, 9.17) is 4.55 Å². The fraction of sp³-hybridized carbons (Fsp3) is 0.316. The van der Waals surface area contributed by atoms with Gasteiger partial charge in [-0.15, -0.1) is 0 Å². The van der Waals surface area contributed by atoms with Crippen molar-refractivity contribution in [3.63, 3.8) is 0 Å². The van der Waals surface area contributed by atoms with E-state index >= 15 is 0 Å². The van der Waals surface area contributed by atoms with Gasteiger partial charge in [0, 0.05) is 24.3 Å². The highest BCUT2D eigenvalue weighted by atomic mass is 32.2. The summed E-state index contributed by atoms with van der Waals surface area (Å²) < 4.78 is 31.1. The lowest BCUT2D eigenvalue weighted by Gasteiger charge is -2.35. The summed E-state index contributed by atoms with van der Waals surface area (Å²) in [5.74, 6) is -1.29. The highest BCUT2D eigenvalue weighted by Gasteiger charge is 2.28. The lowest BCUT2D eigenvalue weighted by molar-refractivity contribution is 0.0695. The van der Waals surface area contributed by atoms with Crippen LogP contribution in [0.4, 0.5) is 11.4 Å². The monoisotopic (exact) mass is 375 g/mol. The molecule has 0 spiro atoms. The van der Waals surface area contributed by atoms with Gasteiger partial charge in [0.1, 0.15) is 0 Å². The number of nitrogens with zero attached hydrogens (tertiary/aromatic N) is 1. The summed E-state index contributed by atoms with van der Waals surface area (Å²) in [4.78, 5) is 13.8. The summed E-state index contributed by atoms with van der Waals surface area (Å²) in [5, 5.41) is 9.73. The van der Waals surface area contributed by atoms with Gasteiger partial charge >= 0.3 is 5.97 Å². The second-order valence-corrected chi connectivity index (χ2v) is 8.17. The summed E-state index contributed by atoms with van der Waals surface area (Å²) >= 11 is 0. The van der Waals surface area contributed by atoms with E-state index in [1.807, 2.05) is 49.1 Å². The Morgan fingerprint density at radius 3 is 2.54 bits per heavy atom. The van der Waals surface area contributed by atoms with Crippen LogP contribution in [0.5, 0.6) is 0 Å². The highest BCUT2D eigenvalue weighted by molar-refractivity contribution is 7.85. The van der Waals surface area contributed by atoms with Crippen molar-refractivity contribution in [3.05, 3.63) is 58.1 Å². The van der Waals surface area contributed by atoms with E-state index in [-0.39, 0.29) is 12.2 Å². The zero-order valence-electron chi connectivity index (χ0n) is 14.7. The molecule has 0 amide bonds. The molecule has 0 unspecified atom stereocenters. The number of aromatic carboxylic acids is 1. The number of carboxylic acid groups (broad SMARTS) is 1. The molecule has 0 saturated heterocycles. The maximum atomic E-state index is 11.9. The fourth-order valence-electron chi connectivity index (χ4n) is 3.55. The van der Waals surface area contributed by atoms with Gasteiger partial charge in [0.15, 0.2) is 0 Å².